The average Bonchev–Trinajstić information content (AvgIpc) is 3.28. The Bertz CT molecular complexity index is 1200. The van der Waals surface area contributed by atoms with Gasteiger partial charge in [-0.25, -0.2) is 0 Å². The highest BCUT2D eigenvalue weighted by molar-refractivity contribution is 6.51. The van der Waals surface area contributed by atoms with E-state index in [1.807, 2.05) is 30.5 Å². The number of fused-ring (bicyclic) bond motifs is 1. The van der Waals surface area contributed by atoms with Crippen LogP contribution < -0.4 is 32.4 Å². The minimum Gasteiger partial charge on any atom is -1.00 e. The van der Waals surface area contributed by atoms with Crippen LogP contribution in [0.25, 0.3) is 22.0 Å². The SMILES string of the molecule is COc1cc(C2=C(c3cn(CC[NH3+])c4ccccc34)C(=O)CC2=O)cc(OC)c1OC.[Cl-]. The molecular weight excluding hydrogens is 432 g/mol. The largest absolute Gasteiger partial charge is 1.00 e. The van der Waals surface area contributed by atoms with Crippen molar-refractivity contribution in [3.8, 4) is 17.2 Å². The number of aromatic nitrogens is 1. The van der Waals surface area contributed by atoms with Crippen molar-refractivity contribution in [2.24, 2.45) is 0 Å². The van der Waals surface area contributed by atoms with Crippen molar-refractivity contribution in [3.63, 3.8) is 0 Å². The third-order valence-corrected chi connectivity index (χ3v) is 5.54. The molecular formula is C24H25ClN2O5. The van der Waals surface area contributed by atoms with E-state index in [2.05, 4.69) is 10.3 Å². The van der Waals surface area contributed by atoms with Crippen molar-refractivity contribution < 1.29 is 41.9 Å². The number of ether oxygens (including phenoxy) is 3. The molecule has 0 spiro atoms. The van der Waals surface area contributed by atoms with Gasteiger partial charge in [-0.15, -0.1) is 0 Å². The molecule has 1 aliphatic rings. The molecule has 1 aliphatic carbocycles. The maximum absolute atomic E-state index is 13.0. The first-order chi connectivity index (χ1) is 15.0. The van der Waals surface area contributed by atoms with Crippen LogP contribution in [-0.4, -0.2) is 44.0 Å². The molecule has 1 aromatic heterocycles. The van der Waals surface area contributed by atoms with Gasteiger partial charge in [-0.3, -0.25) is 9.59 Å². The molecule has 4 rings (SSSR count). The van der Waals surface area contributed by atoms with Crippen molar-refractivity contribution >= 4 is 33.6 Å². The fraction of sp³-hybridized carbons (Fsp3) is 0.250. The Labute approximate surface area is 192 Å². The molecule has 0 unspecified atom stereocenters. The van der Waals surface area contributed by atoms with E-state index < -0.39 is 0 Å². The Hall–Kier alpha value is -3.29. The summed E-state index contributed by atoms with van der Waals surface area (Å²) in [5.41, 5.74) is 7.07. The van der Waals surface area contributed by atoms with Crippen LogP contribution in [0.3, 0.4) is 0 Å². The average molecular weight is 457 g/mol. The Balaban J connectivity index is 0.00000289. The van der Waals surface area contributed by atoms with Crippen molar-refractivity contribution in [3.05, 3.63) is 53.7 Å². The van der Waals surface area contributed by atoms with E-state index in [0.717, 1.165) is 23.0 Å². The van der Waals surface area contributed by atoms with Crippen molar-refractivity contribution in [2.45, 2.75) is 13.0 Å². The summed E-state index contributed by atoms with van der Waals surface area (Å²) in [6.07, 6.45) is 1.79. The summed E-state index contributed by atoms with van der Waals surface area (Å²) < 4.78 is 18.4. The van der Waals surface area contributed by atoms with Gasteiger partial charge in [0, 0.05) is 33.8 Å². The number of hydrogen-bond donors (Lipinski definition) is 1. The first-order valence-corrected chi connectivity index (χ1v) is 10.0. The second-order valence-electron chi connectivity index (χ2n) is 7.29. The summed E-state index contributed by atoms with van der Waals surface area (Å²) >= 11 is 0. The number of ketones is 2. The van der Waals surface area contributed by atoms with E-state index in [9.17, 15) is 9.59 Å². The Morgan fingerprint density at radius 3 is 2.16 bits per heavy atom. The van der Waals surface area contributed by atoms with Crippen LogP contribution in [-0.2, 0) is 16.1 Å². The summed E-state index contributed by atoms with van der Waals surface area (Å²) in [6.45, 7) is 1.43. The number of allylic oxidation sites excluding steroid dienone is 2. The van der Waals surface area contributed by atoms with Crippen LogP contribution in [0.2, 0.25) is 0 Å². The maximum atomic E-state index is 13.0. The molecule has 0 radical (unpaired) electrons. The van der Waals surface area contributed by atoms with Gasteiger partial charge >= 0.3 is 0 Å². The molecule has 0 aliphatic heterocycles. The number of nitrogens with zero attached hydrogens (tertiary/aromatic N) is 1. The number of methoxy groups -OCH3 is 3. The number of carbonyl (C=O) groups excluding carboxylic acids is 2. The van der Waals surface area contributed by atoms with Gasteiger partial charge in [-0.1, -0.05) is 18.2 Å². The molecule has 1 heterocycles. The van der Waals surface area contributed by atoms with Gasteiger partial charge in [0.05, 0.1) is 40.8 Å². The van der Waals surface area contributed by atoms with Gasteiger partial charge in [0.2, 0.25) is 5.75 Å². The molecule has 3 N–H and O–H groups in total. The lowest BCUT2D eigenvalue weighted by molar-refractivity contribution is -0.369. The molecule has 0 fully saturated rings. The molecule has 0 saturated carbocycles. The number of halogens is 1. The van der Waals surface area contributed by atoms with E-state index in [-0.39, 0.29) is 30.4 Å². The standard InChI is InChI=1S/C24H24N2O5.ClH/c1-29-20-10-14(11-21(30-2)24(20)31-3)22-18(27)12-19(28)23(22)16-13-26(9-8-25)17-7-5-4-6-15(16)17;/h4-7,10-11,13H,8-9,12,25H2,1-3H3;1H. The van der Waals surface area contributed by atoms with Crippen LogP contribution in [0.15, 0.2) is 42.6 Å². The van der Waals surface area contributed by atoms with Gasteiger partial charge in [-0.2, -0.15) is 0 Å². The van der Waals surface area contributed by atoms with E-state index in [0.29, 0.717) is 40.5 Å². The molecule has 168 valence electrons. The molecule has 32 heavy (non-hydrogen) atoms. The highest BCUT2D eigenvalue weighted by atomic mass is 35.5. The Morgan fingerprint density at radius 2 is 1.56 bits per heavy atom. The molecule has 0 saturated heterocycles. The molecule has 0 amide bonds. The highest BCUT2D eigenvalue weighted by Gasteiger charge is 2.35. The van der Waals surface area contributed by atoms with Crippen molar-refractivity contribution in [2.75, 3.05) is 27.9 Å². The highest BCUT2D eigenvalue weighted by Crippen LogP contribution is 2.44. The first-order valence-electron chi connectivity index (χ1n) is 10.0. The second-order valence-corrected chi connectivity index (χ2v) is 7.29. The number of para-hydroxylation sites is 1. The fourth-order valence-electron chi connectivity index (χ4n) is 4.22. The topological polar surface area (TPSA) is 94.4 Å². The van der Waals surface area contributed by atoms with Crippen LogP contribution >= 0.6 is 0 Å². The van der Waals surface area contributed by atoms with E-state index in [1.165, 1.54) is 21.3 Å². The molecule has 0 bridgehead atoms. The summed E-state index contributed by atoms with van der Waals surface area (Å²) in [5, 5.41) is 0.930. The van der Waals surface area contributed by atoms with Gasteiger partial charge < -0.3 is 36.9 Å². The number of quaternary nitrogens is 1. The molecule has 3 aromatic rings. The fourth-order valence-corrected chi connectivity index (χ4v) is 4.22. The zero-order valence-corrected chi connectivity index (χ0v) is 19.0. The van der Waals surface area contributed by atoms with Gasteiger partial charge in [0.25, 0.3) is 0 Å². The van der Waals surface area contributed by atoms with E-state index in [1.54, 1.807) is 12.1 Å². The predicted octanol–water partition coefficient (Wildman–Crippen LogP) is -0.634. The number of rotatable bonds is 7. The van der Waals surface area contributed by atoms with E-state index >= 15 is 0 Å². The predicted molar refractivity (Wildman–Crippen MR) is 117 cm³/mol. The van der Waals surface area contributed by atoms with Crippen molar-refractivity contribution in [1.82, 2.24) is 4.57 Å². The first kappa shape index (κ1) is 23.4. The summed E-state index contributed by atoms with van der Waals surface area (Å²) in [5.74, 6) is 0.875. The summed E-state index contributed by atoms with van der Waals surface area (Å²) in [4.78, 5) is 26.0. The number of hydrogen-bond acceptors (Lipinski definition) is 5. The number of benzene rings is 2. The lowest BCUT2D eigenvalue weighted by atomic mass is 9.95. The number of Topliss-reactive ketones (excluding diaryl/α,β-unsaturated/α-hetero) is 2. The summed E-state index contributed by atoms with van der Waals surface area (Å²) in [6, 6.07) is 11.3. The number of carbonyl (C=O) groups is 2. The van der Waals surface area contributed by atoms with E-state index in [4.69, 9.17) is 14.2 Å². The molecule has 2 aromatic carbocycles. The molecule has 8 heteroatoms. The van der Waals surface area contributed by atoms with Crippen LogP contribution in [0.1, 0.15) is 17.5 Å². The second kappa shape index (κ2) is 9.46. The maximum Gasteiger partial charge on any atom is 0.203 e. The lowest BCUT2D eigenvalue weighted by Gasteiger charge is -2.15. The lowest BCUT2D eigenvalue weighted by Crippen LogP contribution is -3.00. The Morgan fingerprint density at radius 1 is 0.938 bits per heavy atom. The quantitative estimate of drug-likeness (QED) is 0.477. The minimum atomic E-state index is -0.219. The zero-order chi connectivity index (χ0) is 22.1. The monoisotopic (exact) mass is 456 g/mol. The normalized spacial score (nSPS) is 13.5. The molecule has 0 atom stereocenters. The van der Waals surface area contributed by atoms with Gasteiger partial charge in [0.1, 0.15) is 0 Å². The molecule has 7 nitrogen and oxygen atoms in total. The van der Waals surface area contributed by atoms with Crippen LogP contribution in [0, 0.1) is 0 Å². The smallest absolute Gasteiger partial charge is 0.203 e. The van der Waals surface area contributed by atoms with Gasteiger partial charge in [-0.05, 0) is 23.8 Å². The van der Waals surface area contributed by atoms with Crippen LogP contribution in [0.4, 0.5) is 0 Å². The third-order valence-electron chi connectivity index (χ3n) is 5.54. The Kier molecular flexibility index (Phi) is 6.91. The summed E-state index contributed by atoms with van der Waals surface area (Å²) in [7, 11) is 4.56. The zero-order valence-electron chi connectivity index (χ0n) is 18.2. The van der Waals surface area contributed by atoms with Crippen molar-refractivity contribution in [1.29, 1.82) is 0 Å². The van der Waals surface area contributed by atoms with Gasteiger partial charge in [0.15, 0.2) is 23.1 Å². The third kappa shape index (κ3) is 3.74. The van der Waals surface area contributed by atoms with Crippen LogP contribution in [0.5, 0.6) is 17.2 Å². The minimum absolute atomic E-state index is 0.